The minimum absolute atomic E-state index is 0.00861. The Labute approximate surface area is 251 Å². The molecule has 2 aromatic rings. The molecule has 0 spiro atoms. The van der Waals surface area contributed by atoms with Crippen molar-refractivity contribution in [3.8, 4) is 0 Å². The first-order valence-electron chi connectivity index (χ1n) is 14.7. The number of amides is 2. The minimum Gasteiger partial charge on any atom is -0.444 e. The van der Waals surface area contributed by atoms with Gasteiger partial charge >= 0.3 is 6.09 Å². The minimum atomic E-state index is -2.55. The number of aromatic nitrogens is 1. The number of nitrogens with one attached hydrogen (secondary N) is 1. The van der Waals surface area contributed by atoms with Crippen LogP contribution >= 0.6 is 11.6 Å². The second-order valence-corrected chi connectivity index (χ2v) is 13.0. The van der Waals surface area contributed by atoms with Crippen molar-refractivity contribution in [3.05, 3.63) is 52.7 Å². The number of pyridine rings is 1. The van der Waals surface area contributed by atoms with E-state index in [-0.39, 0.29) is 18.5 Å². The molecule has 0 bridgehead atoms. The van der Waals surface area contributed by atoms with Gasteiger partial charge in [0.2, 0.25) is 12.3 Å². The molecule has 5 rings (SSSR count). The Balaban J connectivity index is 1.19. The van der Waals surface area contributed by atoms with E-state index in [9.17, 15) is 18.4 Å². The monoisotopic (exact) mass is 603 g/mol. The number of hydrogen-bond donors (Lipinski definition) is 1. The lowest BCUT2D eigenvalue weighted by Crippen LogP contribution is -2.51. The zero-order valence-electron chi connectivity index (χ0n) is 24.5. The largest absolute Gasteiger partial charge is 0.444 e. The van der Waals surface area contributed by atoms with E-state index in [0.717, 1.165) is 32.4 Å². The summed E-state index contributed by atoms with van der Waals surface area (Å²) in [6.07, 6.45) is 1.19. The van der Waals surface area contributed by atoms with E-state index in [4.69, 9.17) is 16.3 Å². The molecule has 2 fully saturated rings. The van der Waals surface area contributed by atoms with Crippen molar-refractivity contribution in [2.24, 2.45) is 5.92 Å². The zero-order chi connectivity index (χ0) is 30.1. The summed E-state index contributed by atoms with van der Waals surface area (Å²) in [6, 6.07) is 9.00. The van der Waals surface area contributed by atoms with Gasteiger partial charge in [-0.05, 0) is 76.3 Å². The van der Waals surface area contributed by atoms with Crippen LogP contribution < -0.4 is 10.2 Å². The van der Waals surface area contributed by atoms with Crippen LogP contribution in [-0.4, -0.2) is 84.6 Å². The van der Waals surface area contributed by atoms with Crippen LogP contribution in [0.15, 0.2) is 36.5 Å². The van der Waals surface area contributed by atoms with Gasteiger partial charge in [-0.1, -0.05) is 23.7 Å². The van der Waals surface area contributed by atoms with E-state index in [0.29, 0.717) is 59.8 Å². The van der Waals surface area contributed by atoms with Gasteiger partial charge in [-0.3, -0.25) is 9.69 Å². The fraction of sp³-hybridized carbons (Fsp3) is 0.581. The summed E-state index contributed by atoms with van der Waals surface area (Å²) in [4.78, 5) is 35.7. The number of carbonyl (C=O) groups is 2. The van der Waals surface area contributed by atoms with Gasteiger partial charge < -0.3 is 19.9 Å². The number of rotatable bonds is 7. The molecule has 228 valence electrons. The number of ether oxygens (including phenoxy) is 1. The summed E-state index contributed by atoms with van der Waals surface area (Å²) in [5.41, 5.74) is 0.427. The Morgan fingerprint density at radius 1 is 1.19 bits per heavy atom. The molecule has 1 aromatic carbocycles. The van der Waals surface area contributed by atoms with Crippen LogP contribution in [0.2, 0.25) is 5.02 Å². The maximum atomic E-state index is 13.9. The highest BCUT2D eigenvalue weighted by Gasteiger charge is 2.45. The molecule has 2 amide bonds. The highest BCUT2D eigenvalue weighted by molar-refractivity contribution is 6.32. The molecule has 0 radical (unpaired) electrons. The Morgan fingerprint density at radius 2 is 1.95 bits per heavy atom. The van der Waals surface area contributed by atoms with Gasteiger partial charge in [0, 0.05) is 67.0 Å². The number of benzene rings is 1. The summed E-state index contributed by atoms with van der Waals surface area (Å²) < 4.78 is 33.4. The summed E-state index contributed by atoms with van der Waals surface area (Å²) in [5, 5.41) is 3.56. The van der Waals surface area contributed by atoms with Crippen molar-refractivity contribution in [2.45, 2.75) is 63.9 Å². The van der Waals surface area contributed by atoms with Crippen molar-refractivity contribution < 1.29 is 23.1 Å². The third kappa shape index (κ3) is 6.64. The van der Waals surface area contributed by atoms with Crippen LogP contribution in [0.3, 0.4) is 0 Å². The number of hydrogen-bond acceptors (Lipinski definition) is 6. The summed E-state index contributed by atoms with van der Waals surface area (Å²) in [7, 11) is 0. The average molecular weight is 604 g/mol. The lowest BCUT2D eigenvalue weighted by molar-refractivity contribution is -0.121. The zero-order valence-corrected chi connectivity index (χ0v) is 25.3. The van der Waals surface area contributed by atoms with Gasteiger partial charge in [-0.15, -0.1) is 0 Å². The SMILES string of the molecule is CC(C)(C)OC(=O)N1CCC(CCN2CCN(c3cccc(C4(CC(F)F)CNc5nccc(Cl)c54)c3)C(=O)C2)CC1. The Hall–Kier alpha value is -2.98. The van der Waals surface area contributed by atoms with E-state index in [1.54, 1.807) is 22.1 Å². The Kier molecular flexibility index (Phi) is 8.94. The van der Waals surface area contributed by atoms with E-state index < -0.39 is 23.9 Å². The van der Waals surface area contributed by atoms with Crippen molar-refractivity contribution in [1.29, 1.82) is 0 Å². The molecular formula is C31H40ClF2N5O3. The topological polar surface area (TPSA) is 78.0 Å². The maximum absolute atomic E-state index is 13.9. The average Bonchev–Trinajstić information content (AvgIpc) is 3.31. The first kappa shape index (κ1) is 30.5. The molecule has 4 heterocycles. The first-order valence-corrected chi connectivity index (χ1v) is 15.1. The van der Waals surface area contributed by atoms with Crippen molar-refractivity contribution in [1.82, 2.24) is 14.8 Å². The summed E-state index contributed by atoms with van der Waals surface area (Å²) in [6.45, 7) is 9.65. The normalized spacial score (nSPS) is 21.9. The highest BCUT2D eigenvalue weighted by Crippen LogP contribution is 2.48. The number of piperazine rings is 1. The molecule has 2 saturated heterocycles. The molecule has 1 unspecified atom stereocenters. The Morgan fingerprint density at radius 3 is 2.64 bits per heavy atom. The van der Waals surface area contributed by atoms with Crippen LogP contribution in [0, 0.1) is 5.92 Å². The fourth-order valence-corrected chi connectivity index (χ4v) is 6.73. The molecule has 1 N–H and O–H groups in total. The van der Waals surface area contributed by atoms with Crippen molar-refractivity contribution in [2.75, 3.05) is 56.0 Å². The standard InChI is InChI=1S/C31H40ClF2N5O3/c1-30(2,3)42-29(41)38-13-9-21(10-14-38)8-12-37-15-16-39(26(40)19-37)23-6-4-5-22(17-23)31(18-25(33)34)20-36-28-27(31)24(32)7-11-35-28/h4-7,11,17,21,25H,8-10,12-16,18-20H2,1-3H3,(H,35,36). The number of fused-ring (bicyclic) bond motifs is 1. The van der Waals surface area contributed by atoms with Crippen LogP contribution in [0.1, 0.15) is 57.6 Å². The van der Waals surface area contributed by atoms with E-state index >= 15 is 0 Å². The molecule has 1 atom stereocenters. The van der Waals surface area contributed by atoms with Gasteiger partial charge in [0.05, 0.1) is 6.54 Å². The smallest absolute Gasteiger partial charge is 0.410 e. The van der Waals surface area contributed by atoms with Gasteiger partial charge in [0.25, 0.3) is 0 Å². The lowest BCUT2D eigenvalue weighted by atomic mass is 9.74. The molecule has 8 nitrogen and oxygen atoms in total. The number of anilines is 2. The summed E-state index contributed by atoms with van der Waals surface area (Å²) in [5.74, 6) is 1.02. The van der Waals surface area contributed by atoms with Crippen molar-refractivity contribution in [3.63, 3.8) is 0 Å². The molecular weight excluding hydrogens is 564 g/mol. The van der Waals surface area contributed by atoms with Crippen LogP contribution in [-0.2, 0) is 14.9 Å². The van der Waals surface area contributed by atoms with Crippen LogP contribution in [0.25, 0.3) is 0 Å². The molecule has 0 aliphatic carbocycles. The van der Waals surface area contributed by atoms with E-state index in [2.05, 4.69) is 15.2 Å². The van der Waals surface area contributed by atoms with Crippen LogP contribution in [0.5, 0.6) is 0 Å². The third-order valence-electron chi connectivity index (χ3n) is 8.57. The first-order chi connectivity index (χ1) is 19.9. The number of carbonyl (C=O) groups excluding carboxylic acids is 2. The second kappa shape index (κ2) is 12.3. The molecule has 3 aliphatic rings. The number of likely N-dealkylation sites (tertiary alicyclic amines) is 1. The lowest BCUT2D eigenvalue weighted by Gasteiger charge is -2.37. The fourth-order valence-electron chi connectivity index (χ4n) is 6.41. The Bertz CT molecular complexity index is 1300. The van der Waals surface area contributed by atoms with Gasteiger partial charge in [0.15, 0.2) is 0 Å². The highest BCUT2D eigenvalue weighted by atomic mass is 35.5. The summed E-state index contributed by atoms with van der Waals surface area (Å²) >= 11 is 6.53. The number of alkyl halides is 2. The van der Waals surface area contributed by atoms with Gasteiger partial charge in [-0.2, -0.15) is 0 Å². The maximum Gasteiger partial charge on any atom is 0.410 e. The molecule has 42 heavy (non-hydrogen) atoms. The van der Waals surface area contributed by atoms with E-state index in [1.165, 1.54) is 0 Å². The number of nitrogens with zero attached hydrogens (tertiary/aromatic N) is 4. The van der Waals surface area contributed by atoms with Gasteiger partial charge in [-0.25, -0.2) is 18.6 Å². The third-order valence-corrected chi connectivity index (χ3v) is 8.88. The molecule has 0 saturated carbocycles. The second-order valence-electron chi connectivity index (χ2n) is 12.6. The predicted molar refractivity (Wildman–Crippen MR) is 160 cm³/mol. The predicted octanol–water partition coefficient (Wildman–Crippen LogP) is 5.79. The molecule has 3 aliphatic heterocycles. The number of halogens is 3. The quantitative estimate of drug-likeness (QED) is 0.432. The van der Waals surface area contributed by atoms with E-state index in [1.807, 2.05) is 45.0 Å². The molecule has 1 aromatic heterocycles. The van der Waals surface area contributed by atoms with Gasteiger partial charge in [0.1, 0.15) is 11.4 Å². The van der Waals surface area contributed by atoms with Crippen molar-refractivity contribution >= 4 is 35.1 Å². The molecule has 11 heteroatoms. The van der Waals surface area contributed by atoms with Crippen LogP contribution in [0.4, 0.5) is 25.1 Å². The number of piperidine rings is 1.